The van der Waals surface area contributed by atoms with Gasteiger partial charge in [0, 0.05) is 0 Å². The molecule has 0 aliphatic carbocycles. The molecule has 0 aromatic carbocycles. The van der Waals surface area contributed by atoms with Crippen molar-refractivity contribution in [1.29, 1.82) is 0 Å². The summed E-state index contributed by atoms with van der Waals surface area (Å²) in [6, 6.07) is 0. The van der Waals surface area contributed by atoms with Crippen molar-refractivity contribution in [3.8, 4) is 5.88 Å². The lowest BCUT2D eigenvalue weighted by Crippen LogP contribution is -2.20. The van der Waals surface area contributed by atoms with E-state index < -0.39 is 0 Å². The van der Waals surface area contributed by atoms with E-state index in [-0.39, 0.29) is 0 Å². The molecule has 0 amide bonds. The number of aromatic nitrogens is 4. The number of fused-ring (bicyclic) bond motifs is 2. The van der Waals surface area contributed by atoms with Crippen LogP contribution >= 0.6 is 0 Å². The highest BCUT2D eigenvalue weighted by Crippen LogP contribution is 2.23. The highest BCUT2D eigenvalue weighted by atomic mass is 16.6. The zero-order valence-electron chi connectivity index (χ0n) is 6.52. The number of hydrogen-bond donors (Lipinski definition) is 1. The van der Waals surface area contributed by atoms with E-state index in [1.165, 1.54) is 0 Å². The molecule has 0 spiro atoms. The zero-order chi connectivity index (χ0) is 8.67. The summed E-state index contributed by atoms with van der Waals surface area (Å²) in [5.41, 5.74) is 0.749. The summed E-state index contributed by atoms with van der Waals surface area (Å²) >= 11 is 0. The summed E-state index contributed by atoms with van der Waals surface area (Å²) in [4.78, 5) is 8.17. The summed E-state index contributed by atoms with van der Waals surface area (Å²) in [6.07, 6.45) is 0. The van der Waals surface area contributed by atoms with Gasteiger partial charge in [0.15, 0.2) is 5.82 Å². The number of nitrogens with one attached hydrogen (secondary N) is 1. The van der Waals surface area contributed by atoms with Crippen molar-refractivity contribution in [3.05, 3.63) is 0 Å². The van der Waals surface area contributed by atoms with Gasteiger partial charge in [-0.25, -0.2) is 4.63 Å². The van der Waals surface area contributed by atoms with Crippen LogP contribution in [0.2, 0.25) is 0 Å². The first-order valence-electron chi connectivity index (χ1n) is 3.80. The van der Waals surface area contributed by atoms with E-state index in [0.717, 1.165) is 6.54 Å². The fraction of sp³-hybridized carbons (Fsp3) is 0.333. The fourth-order valence-electron chi connectivity index (χ4n) is 1.16. The molecular formula is C6H5N5O2. The Kier molecular flexibility index (Phi) is 1.16. The molecule has 7 heteroatoms. The van der Waals surface area contributed by atoms with Gasteiger partial charge in [0.05, 0.1) is 6.54 Å². The molecule has 7 nitrogen and oxygen atoms in total. The second-order valence-electron chi connectivity index (χ2n) is 2.56. The Bertz CT molecular complexity index is 413. The predicted molar refractivity (Wildman–Crippen MR) is 41.4 cm³/mol. The smallest absolute Gasteiger partial charge is 0.259 e. The average molecular weight is 179 g/mol. The third-order valence-corrected chi connectivity index (χ3v) is 1.72. The predicted octanol–water partition coefficient (Wildman–Crippen LogP) is -0.183. The van der Waals surface area contributed by atoms with Crippen LogP contribution in [0.3, 0.4) is 0 Å². The number of anilines is 1. The Balaban J connectivity index is 2.28. The normalized spacial score (nSPS) is 14.8. The highest BCUT2D eigenvalue weighted by Gasteiger charge is 2.16. The Labute approximate surface area is 72.1 Å². The molecule has 0 saturated carbocycles. The number of hydrogen-bond acceptors (Lipinski definition) is 7. The second-order valence-corrected chi connectivity index (χ2v) is 2.56. The summed E-state index contributed by atoms with van der Waals surface area (Å²) in [6.45, 7) is 1.30. The van der Waals surface area contributed by atoms with Gasteiger partial charge in [-0.05, 0) is 10.3 Å². The van der Waals surface area contributed by atoms with Gasteiger partial charge >= 0.3 is 0 Å². The highest BCUT2D eigenvalue weighted by molar-refractivity contribution is 5.68. The molecule has 0 fully saturated rings. The van der Waals surface area contributed by atoms with Gasteiger partial charge in [-0.3, -0.25) is 0 Å². The van der Waals surface area contributed by atoms with Crippen molar-refractivity contribution in [3.63, 3.8) is 0 Å². The van der Waals surface area contributed by atoms with Gasteiger partial charge in [-0.1, -0.05) is 0 Å². The van der Waals surface area contributed by atoms with E-state index in [1.807, 2.05) is 0 Å². The van der Waals surface area contributed by atoms with Crippen LogP contribution < -0.4 is 10.1 Å². The SMILES string of the molecule is C1COc2nc3nonc3nc2N1. The molecule has 0 atom stereocenters. The van der Waals surface area contributed by atoms with E-state index in [1.54, 1.807) is 0 Å². The molecule has 2 aromatic rings. The lowest BCUT2D eigenvalue weighted by molar-refractivity contribution is 0.307. The summed E-state index contributed by atoms with van der Waals surface area (Å²) < 4.78 is 9.73. The van der Waals surface area contributed by atoms with E-state index >= 15 is 0 Å². The van der Waals surface area contributed by atoms with E-state index in [2.05, 4.69) is 30.2 Å². The lowest BCUT2D eigenvalue weighted by atomic mass is 10.5. The summed E-state index contributed by atoms with van der Waals surface area (Å²) in [5.74, 6) is 1.05. The van der Waals surface area contributed by atoms with Gasteiger partial charge in [0.25, 0.3) is 5.88 Å². The standard InChI is InChI=1S/C6H5N5O2/c1-2-12-6-5(7-1)8-3-4(9-6)11-13-10-3/h1-2H2,(H,7,8,10). The minimum atomic E-state index is 0.363. The lowest BCUT2D eigenvalue weighted by Gasteiger charge is -2.15. The van der Waals surface area contributed by atoms with Crippen molar-refractivity contribution in [2.24, 2.45) is 0 Å². The molecule has 1 aliphatic rings. The first-order chi connectivity index (χ1) is 6.43. The van der Waals surface area contributed by atoms with Gasteiger partial charge in [-0.2, -0.15) is 9.97 Å². The summed E-state index contributed by atoms with van der Waals surface area (Å²) in [7, 11) is 0. The zero-order valence-corrected chi connectivity index (χ0v) is 6.52. The van der Waals surface area contributed by atoms with Crippen molar-refractivity contribution < 1.29 is 9.37 Å². The molecule has 0 saturated heterocycles. The van der Waals surface area contributed by atoms with Gasteiger partial charge < -0.3 is 10.1 Å². The molecule has 13 heavy (non-hydrogen) atoms. The molecule has 3 heterocycles. The molecule has 0 bridgehead atoms. The Morgan fingerprint density at radius 1 is 1.15 bits per heavy atom. The largest absolute Gasteiger partial charge is 0.473 e. The first kappa shape index (κ1) is 6.58. The number of rotatable bonds is 0. The third kappa shape index (κ3) is 0.897. The van der Waals surface area contributed by atoms with Crippen LogP contribution in [0.4, 0.5) is 5.82 Å². The van der Waals surface area contributed by atoms with Gasteiger partial charge in [-0.15, -0.1) is 0 Å². The maximum Gasteiger partial charge on any atom is 0.259 e. The van der Waals surface area contributed by atoms with E-state index in [9.17, 15) is 0 Å². The van der Waals surface area contributed by atoms with Gasteiger partial charge in [0.1, 0.15) is 6.61 Å². The first-order valence-corrected chi connectivity index (χ1v) is 3.80. The molecule has 1 aliphatic heterocycles. The average Bonchev–Trinajstić information content (AvgIpc) is 2.61. The Morgan fingerprint density at radius 2 is 2.00 bits per heavy atom. The van der Waals surface area contributed by atoms with Crippen LogP contribution in [-0.4, -0.2) is 33.4 Å². The van der Waals surface area contributed by atoms with Crippen LogP contribution in [0.5, 0.6) is 5.88 Å². The molecule has 1 N–H and O–H groups in total. The maximum atomic E-state index is 5.26. The molecule has 0 radical (unpaired) electrons. The van der Waals surface area contributed by atoms with Crippen LogP contribution in [0.25, 0.3) is 11.3 Å². The van der Waals surface area contributed by atoms with Crippen LogP contribution in [-0.2, 0) is 0 Å². The Morgan fingerprint density at radius 3 is 2.92 bits per heavy atom. The number of nitrogens with zero attached hydrogens (tertiary/aromatic N) is 4. The fourth-order valence-corrected chi connectivity index (χ4v) is 1.16. The summed E-state index contributed by atoms with van der Waals surface area (Å²) in [5, 5.41) is 10.2. The topological polar surface area (TPSA) is 86.0 Å². The van der Waals surface area contributed by atoms with Crippen molar-refractivity contribution in [2.45, 2.75) is 0 Å². The third-order valence-electron chi connectivity index (χ3n) is 1.72. The van der Waals surface area contributed by atoms with Crippen LogP contribution in [0, 0.1) is 0 Å². The number of ether oxygens (including phenoxy) is 1. The van der Waals surface area contributed by atoms with Crippen molar-refractivity contribution in [2.75, 3.05) is 18.5 Å². The maximum absolute atomic E-state index is 5.26. The Hall–Kier alpha value is -1.92. The quantitative estimate of drug-likeness (QED) is 0.600. The molecule has 3 rings (SSSR count). The van der Waals surface area contributed by atoms with E-state index in [4.69, 9.17) is 4.74 Å². The molecule has 0 unspecified atom stereocenters. The van der Waals surface area contributed by atoms with Crippen molar-refractivity contribution >= 4 is 17.1 Å². The van der Waals surface area contributed by atoms with Gasteiger partial charge in [0.2, 0.25) is 11.3 Å². The van der Waals surface area contributed by atoms with E-state index in [0.29, 0.717) is 29.6 Å². The minimum Gasteiger partial charge on any atom is -0.473 e. The van der Waals surface area contributed by atoms with Crippen molar-refractivity contribution in [1.82, 2.24) is 20.3 Å². The molecule has 2 aromatic heterocycles. The second kappa shape index (κ2) is 2.28. The monoisotopic (exact) mass is 179 g/mol. The van der Waals surface area contributed by atoms with Crippen LogP contribution in [0.15, 0.2) is 4.63 Å². The minimum absolute atomic E-state index is 0.363. The molecule has 66 valence electrons. The van der Waals surface area contributed by atoms with Crippen LogP contribution in [0.1, 0.15) is 0 Å². The molecular weight excluding hydrogens is 174 g/mol.